The first-order valence-electron chi connectivity index (χ1n) is 13.6. The van der Waals surface area contributed by atoms with Crippen molar-refractivity contribution in [3.8, 4) is 5.75 Å². The van der Waals surface area contributed by atoms with E-state index in [1.54, 1.807) is 52.0 Å². The second kappa shape index (κ2) is 13.5. The first-order valence-corrected chi connectivity index (χ1v) is 13.6. The van der Waals surface area contributed by atoms with Gasteiger partial charge in [0.2, 0.25) is 5.91 Å². The largest absolute Gasteiger partial charge is 0.507 e. The van der Waals surface area contributed by atoms with Crippen molar-refractivity contribution in [2.24, 2.45) is 5.92 Å². The second-order valence-electron chi connectivity index (χ2n) is 11.6. The molecule has 3 amide bonds. The highest BCUT2D eigenvalue weighted by Crippen LogP contribution is 2.35. The number of aryl methyl sites for hydroxylation is 2. The minimum atomic E-state index is -1.15. The van der Waals surface area contributed by atoms with Crippen molar-refractivity contribution < 1.29 is 24.2 Å². The van der Waals surface area contributed by atoms with E-state index in [2.05, 4.69) is 10.6 Å². The van der Waals surface area contributed by atoms with E-state index in [4.69, 9.17) is 4.74 Å². The molecule has 3 atom stereocenters. The lowest BCUT2D eigenvalue weighted by molar-refractivity contribution is -0.143. The molecule has 2 aromatic carbocycles. The highest BCUT2D eigenvalue weighted by molar-refractivity contribution is 6.00. The van der Waals surface area contributed by atoms with E-state index in [1.807, 2.05) is 52.8 Å². The van der Waals surface area contributed by atoms with Crippen LogP contribution in [0.25, 0.3) is 0 Å². The lowest BCUT2D eigenvalue weighted by Crippen LogP contribution is -2.55. The summed E-state index contributed by atoms with van der Waals surface area (Å²) in [7, 11) is 0. The van der Waals surface area contributed by atoms with Gasteiger partial charge in [-0.2, -0.15) is 0 Å². The average molecular weight is 540 g/mol. The Morgan fingerprint density at radius 1 is 0.974 bits per heavy atom. The third-order valence-electron chi connectivity index (χ3n) is 6.51. The van der Waals surface area contributed by atoms with Gasteiger partial charge < -0.3 is 25.4 Å². The fourth-order valence-electron chi connectivity index (χ4n) is 4.35. The summed E-state index contributed by atoms with van der Waals surface area (Å²) in [4.78, 5) is 42.6. The van der Waals surface area contributed by atoms with Gasteiger partial charge in [-0.15, -0.1) is 0 Å². The Kier molecular flexibility index (Phi) is 11.0. The van der Waals surface area contributed by atoms with Crippen LogP contribution >= 0.6 is 0 Å². The summed E-state index contributed by atoms with van der Waals surface area (Å²) in [6, 6.07) is 10.1. The summed E-state index contributed by atoms with van der Waals surface area (Å²) in [6.07, 6.45) is 0.189. The number of aromatic hydroxyl groups is 1. The van der Waals surface area contributed by atoms with Gasteiger partial charge in [0.1, 0.15) is 23.4 Å². The molecule has 0 heterocycles. The van der Waals surface area contributed by atoms with E-state index in [0.717, 1.165) is 5.56 Å². The van der Waals surface area contributed by atoms with E-state index in [-0.39, 0.29) is 17.7 Å². The molecule has 39 heavy (non-hydrogen) atoms. The molecule has 0 bridgehead atoms. The lowest BCUT2D eigenvalue weighted by atomic mass is 9.95. The summed E-state index contributed by atoms with van der Waals surface area (Å²) in [5.41, 5.74) is 1.64. The van der Waals surface area contributed by atoms with Gasteiger partial charge in [-0.25, -0.2) is 4.79 Å². The number of alkyl carbamates (subject to hydrolysis) is 1. The number of hydrogen-bond acceptors (Lipinski definition) is 5. The summed E-state index contributed by atoms with van der Waals surface area (Å²) in [6.45, 7) is 16.6. The molecule has 2 aromatic rings. The topological polar surface area (TPSA) is 108 Å². The Hall–Kier alpha value is -3.55. The molecule has 0 spiro atoms. The molecule has 0 saturated carbocycles. The minimum absolute atomic E-state index is 0.0518. The van der Waals surface area contributed by atoms with Gasteiger partial charge in [0.25, 0.3) is 5.91 Å². The number of ether oxygens (including phenoxy) is 1. The minimum Gasteiger partial charge on any atom is -0.507 e. The number of carbonyl (C=O) groups is 3. The van der Waals surface area contributed by atoms with Crippen LogP contribution in [0.3, 0.4) is 0 Å². The Bertz CT molecular complexity index is 1160. The van der Waals surface area contributed by atoms with E-state index < -0.39 is 35.6 Å². The number of nitrogens with one attached hydrogen (secondary N) is 2. The van der Waals surface area contributed by atoms with Crippen molar-refractivity contribution in [3.63, 3.8) is 0 Å². The zero-order valence-corrected chi connectivity index (χ0v) is 24.8. The number of anilines is 1. The quantitative estimate of drug-likeness (QED) is 0.330. The number of phenolic OH excluding ortho intramolecular Hbond substituents is 1. The predicted octanol–water partition coefficient (Wildman–Crippen LogP) is 6.26. The van der Waals surface area contributed by atoms with Crippen molar-refractivity contribution in [3.05, 3.63) is 59.2 Å². The number of amides is 3. The van der Waals surface area contributed by atoms with Gasteiger partial charge in [-0.1, -0.05) is 57.2 Å². The van der Waals surface area contributed by atoms with Crippen LogP contribution in [0.2, 0.25) is 0 Å². The third-order valence-corrected chi connectivity index (χ3v) is 6.51. The number of nitrogens with zero attached hydrogens (tertiary/aromatic N) is 1. The van der Waals surface area contributed by atoms with E-state index >= 15 is 0 Å². The fourth-order valence-corrected chi connectivity index (χ4v) is 4.35. The van der Waals surface area contributed by atoms with Crippen molar-refractivity contribution in [1.82, 2.24) is 10.2 Å². The van der Waals surface area contributed by atoms with Gasteiger partial charge in [0.05, 0.1) is 0 Å². The van der Waals surface area contributed by atoms with Crippen molar-refractivity contribution in [2.75, 3.05) is 5.32 Å². The van der Waals surface area contributed by atoms with Crippen LogP contribution in [-0.2, 0) is 14.3 Å². The number of hydrogen-bond donors (Lipinski definition) is 3. The fraction of sp³-hybridized carbons (Fsp3) is 0.516. The molecule has 0 aliphatic carbocycles. The first kappa shape index (κ1) is 31.7. The molecule has 0 fully saturated rings. The van der Waals surface area contributed by atoms with Gasteiger partial charge in [0, 0.05) is 17.3 Å². The molecule has 0 saturated heterocycles. The van der Waals surface area contributed by atoms with Gasteiger partial charge in [-0.3, -0.25) is 9.59 Å². The first-order chi connectivity index (χ1) is 18.2. The van der Waals surface area contributed by atoms with Crippen LogP contribution in [0.4, 0.5) is 10.5 Å². The predicted molar refractivity (Wildman–Crippen MR) is 155 cm³/mol. The lowest BCUT2D eigenvalue weighted by Gasteiger charge is -2.39. The molecule has 0 radical (unpaired) electrons. The van der Waals surface area contributed by atoms with Crippen LogP contribution in [0.1, 0.15) is 84.0 Å². The zero-order chi connectivity index (χ0) is 29.5. The maximum atomic E-state index is 14.3. The maximum Gasteiger partial charge on any atom is 0.408 e. The number of para-hydroxylation sites is 2. The van der Waals surface area contributed by atoms with Crippen LogP contribution in [0, 0.1) is 19.8 Å². The highest BCUT2D eigenvalue weighted by Gasteiger charge is 2.40. The molecule has 3 unspecified atom stereocenters. The Morgan fingerprint density at radius 3 is 2.15 bits per heavy atom. The summed E-state index contributed by atoms with van der Waals surface area (Å²) < 4.78 is 5.45. The normalized spacial score (nSPS) is 13.8. The smallest absolute Gasteiger partial charge is 0.408 e. The number of rotatable bonds is 10. The van der Waals surface area contributed by atoms with Gasteiger partial charge >= 0.3 is 6.09 Å². The molecule has 0 aromatic heterocycles. The molecule has 0 aliphatic rings. The van der Waals surface area contributed by atoms with Gasteiger partial charge in [0.15, 0.2) is 0 Å². The number of phenols is 1. The third kappa shape index (κ3) is 8.73. The molecule has 2 rings (SSSR count). The number of benzene rings is 2. The van der Waals surface area contributed by atoms with Gasteiger partial charge in [-0.05, 0) is 77.5 Å². The molecule has 8 nitrogen and oxygen atoms in total. The van der Waals surface area contributed by atoms with E-state index in [9.17, 15) is 19.5 Å². The molecular weight excluding hydrogens is 494 g/mol. The SMILES string of the molecule is CCC(C)N(C(=O)C(CC(C)C)NC(=O)OC(C)(C)C)C(C(=O)Nc1ccccc1C)c1cccc(C)c1O. The van der Waals surface area contributed by atoms with Crippen LogP contribution < -0.4 is 10.6 Å². The van der Waals surface area contributed by atoms with Crippen molar-refractivity contribution in [2.45, 2.75) is 98.9 Å². The maximum absolute atomic E-state index is 14.3. The molecule has 3 N–H and O–H groups in total. The van der Waals surface area contributed by atoms with E-state index in [1.165, 1.54) is 4.90 Å². The Balaban J connectivity index is 2.64. The van der Waals surface area contributed by atoms with Crippen molar-refractivity contribution >= 4 is 23.6 Å². The highest BCUT2D eigenvalue weighted by atomic mass is 16.6. The standard InChI is InChI=1S/C31H45N3O5/c1-10-22(6)34(29(37)25(18-19(2)3)33-30(38)39-31(7,8)9)26(23-16-13-15-21(5)27(23)35)28(36)32-24-17-12-11-14-20(24)4/h11-17,19,22,25-26,35H,10,18H2,1-9H3,(H,32,36)(H,33,38). The molecule has 0 aliphatic heterocycles. The van der Waals surface area contributed by atoms with Crippen LogP contribution in [-0.4, -0.2) is 45.6 Å². The number of carbonyl (C=O) groups excluding carboxylic acids is 3. The Morgan fingerprint density at radius 2 is 1.59 bits per heavy atom. The monoisotopic (exact) mass is 539 g/mol. The zero-order valence-electron chi connectivity index (χ0n) is 24.8. The summed E-state index contributed by atoms with van der Waals surface area (Å²) in [5.74, 6) is -0.863. The summed E-state index contributed by atoms with van der Waals surface area (Å²) >= 11 is 0. The molecule has 214 valence electrons. The molecule has 8 heteroatoms. The van der Waals surface area contributed by atoms with Crippen molar-refractivity contribution in [1.29, 1.82) is 0 Å². The average Bonchev–Trinajstić information content (AvgIpc) is 2.83. The van der Waals surface area contributed by atoms with Crippen LogP contribution in [0.15, 0.2) is 42.5 Å². The Labute approximate surface area is 233 Å². The summed E-state index contributed by atoms with van der Waals surface area (Å²) in [5, 5.41) is 16.8. The van der Waals surface area contributed by atoms with E-state index in [0.29, 0.717) is 29.7 Å². The molecular formula is C31H45N3O5. The van der Waals surface area contributed by atoms with Crippen LogP contribution in [0.5, 0.6) is 5.75 Å². The second-order valence-corrected chi connectivity index (χ2v) is 11.6.